The van der Waals surface area contributed by atoms with Crippen molar-refractivity contribution in [3.8, 4) is 0 Å². The van der Waals surface area contributed by atoms with Gasteiger partial charge in [-0.25, -0.2) is 0 Å². The molecule has 1 heterocycles. The maximum absolute atomic E-state index is 12.0. The molecule has 0 bridgehead atoms. The van der Waals surface area contributed by atoms with Gasteiger partial charge in [-0.2, -0.15) is 0 Å². The zero-order valence-electron chi connectivity index (χ0n) is 10.5. The Morgan fingerprint density at radius 3 is 2.53 bits per heavy atom. The average Bonchev–Trinajstić information content (AvgIpc) is 2.28. The van der Waals surface area contributed by atoms with Crippen molar-refractivity contribution in [1.82, 2.24) is 4.90 Å². The minimum Gasteiger partial charge on any atom is -0.481 e. The summed E-state index contributed by atoms with van der Waals surface area (Å²) in [5.41, 5.74) is -1.05. The number of carbonyl (C=O) groups excluding carboxylic acids is 1. The molecule has 0 aromatic heterocycles. The first-order valence-corrected chi connectivity index (χ1v) is 6.02. The van der Waals surface area contributed by atoms with Gasteiger partial charge >= 0.3 is 5.97 Å². The maximum atomic E-state index is 12.0. The fourth-order valence-corrected chi connectivity index (χ4v) is 2.07. The van der Waals surface area contributed by atoms with Crippen molar-refractivity contribution >= 4 is 11.9 Å². The highest BCUT2D eigenvalue weighted by Gasteiger charge is 2.34. The molecule has 1 aliphatic heterocycles. The molecule has 0 aromatic carbocycles. The molecule has 1 amide bonds. The molecule has 1 aliphatic rings. The Bertz CT molecular complexity index is 301. The number of piperidine rings is 1. The SMILES string of the molecule is CC(C)(CC(=O)N1CCCCC1CO)C(=O)O. The molecule has 0 saturated carbocycles. The van der Waals surface area contributed by atoms with Crippen molar-refractivity contribution in [2.45, 2.75) is 45.6 Å². The zero-order chi connectivity index (χ0) is 13.1. The van der Waals surface area contributed by atoms with Crippen molar-refractivity contribution in [3.63, 3.8) is 0 Å². The summed E-state index contributed by atoms with van der Waals surface area (Å²) in [4.78, 5) is 24.6. The first kappa shape index (κ1) is 14.0. The molecule has 2 N–H and O–H groups in total. The van der Waals surface area contributed by atoms with E-state index in [2.05, 4.69) is 0 Å². The van der Waals surface area contributed by atoms with Crippen LogP contribution in [0.1, 0.15) is 39.5 Å². The Labute approximate surface area is 101 Å². The van der Waals surface area contributed by atoms with Crippen molar-refractivity contribution in [1.29, 1.82) is 0 Å². The third-order valence-electron chi connectivity index (χ3n) is 3.33. The number of aliphatic hydroxyl groups excluding tert-OH is 1. The molecule has 0 aromatic rings. The minimum atomic E-state index is -1.05. The molecule has 0 spiro atoms. The zero-order valence-corrected chi connectivity index (χ0v) is 10.5. The lowest BCUT2D eigenvalue weighted by Crippen LogP contribution is -2.47. The van der Waals surface area contributed by atoms with Gasteiger partial charge in [-0.3, -0.25) is 9.59 Å². The molecule has 1 saturated heterocycles. The topological polar surface area (TPSA) is 77.8 Å². The van der Waals surface area contributed by atoms with Crippen LogP contribution in [0.15, 0.2) is 0 Å². The largest absolute Gasteiger partial charge is 0.481 e. The second-order valence-corrected chi connectivity index (χ2v) is 5.29. The molecule has 17 heavy (non-hydrogen) atoms. The van der Waals surface area contributed by atoms with Crippen LogP contribution in [0.5, 0.6) is 0 Å². The van der Waals surface area contributed by atoms with Crippen LogP contribution in [0.2, 0.25) is 0 Å². The van der Waals surface area contributed by atoms with E-state index >= 15 is 0 Å². The van der Waals surface area contributed by atoms with Crippen LogP contribution in [0.4, 0.5) is 0 Å². The van der Waals surface area contributed by atoms with Crippen molar-refractivity contribution in [2.24, 2.45) is 5.41 Å². The summed E-state index contributed by atoms with van der Waals surface area (Å²) in [5, 5.41) is 18.2. The number of carboxylic acid groups (broad SMARTS) is 1. The Kier molecular flexibility index (Phi) is 4.51. The van der Waals surface area contributed by atoms with E-state index in [1.165, 1.54) is 0 Å². The quantitative estimate of drug-likeness (QED) is 0.767. The third kappa shape index (κ3) is 3.43. The van der Waals surface area contributed by atoms with Gasteiger partial charge in [0.05, 0.1) is 18.1 Å². The Balaban J connectivity index is 2.65. The summed E-state index contributed by atoms with van der Waals surface area (Å²) < 4.78 is 0. The number of hydrogen-bond acceptors (Lipinski definition) is 3. The maximum Gasteiger partial charge on any atom is 0.309 e. The second kappa shape index (κ2) is 5.49. The molecule has 5 heteroatoms. The number of likely N-dealkylation sites (tertiary alicyclic amines) is 1. The average molecular weight is 243 g/mol. The fourth-order valence-electron chi connectivity index (χ4n) is 2.07. The van der Waals surface area contributed by atoms with Gasteiger partial charge in [0.1, 0.15) is 0 Å². The normalized spacial score (nSPS) is 21.4. The van der Waals surface area contributed by atoms with Crippen LogP contribution in [-0.2, 0) is 9.59 Å². The van der Waals surface area contributed by atoms with E-state index in [9.17, 15) is 14.7 Å². The standard InChI is InChI=1S/C12H21NO4/c1-12(2,11(16)17)7-10(15)13-6-4-3-5-9(13)8-14/h9,14H,3-8H2,1-2H3,(H,16,17). The molecule has 1 atom stereocenters. The van der Waals surface area contributed by atoms with E-state index < -0.39 is 11.4 Å². The van der Waals surface area contributed by atoms with E-state index in [0.717, 1.165) is 19.3 Å². The minimum absolute atomic E-state index is 0.0150. The fraction of sp³-hybridized carbons (Fsp3) is 0.833. The number of nitrogens with zero attached hydrogens (tertiary/aromatic N) is 1. The van der Waals surface area contributed by atoms with Gasteiger partial charge in [-0.1, -0.05) is 0 Å². The highest BCUT2D eigenvalue weighted by atomic mass is 16.4. The molecule has 1 unspecified atom stereocenters. The summed E-state index contributed by atoms with van der Waals surface area (Å²) in [6.45, 7) is 3.68. The lowest BCUT2D eigenvalue weighted by atomic mass is 9.88. The summed E-state index contributed by atoms with van der Waals surface area (Å²) in [7, 11) is 0. The number of carboxylic acids is 1. The third-order valence-corrected chi connectivity index (χ3v) is 3.33. The van der Waals surface area contributed by atoms with Crippen LogP contribution < -0.4 is 0 Å². The smallest absolute Gasteiger partial charge is 0.309 e. The van der Waals surface area contributed by atoms with Crippen LogP contribution >= 0.6 is 0 Å². The summed E-state index contributed by atoms with van der Waals surface area (Å²) in [6, 6.07) is -0.138. The van der Waals surface area contributed by atoms with Crippen LogP contribution in [0, 0.1) is 5.41 Å². The Hall–Kier alpha value is -1.10. The Morgan fingerprint density at radius 2 is 2.00 bits per heavy atom. The van der Waals surface area contributed by atoms with Crippen LogP contribution in [0.3, 0.4) is 0 Å². The number of aliphatic hydroxyl groups is 1. The van der Waals surface area contributed by atoms with Crippen molar-refractivity contribution in [3.05, 3.63) is 0 Å². The van der Waals surface area contributed by atoms with E-state index in [1.807, 2.05) is 0 Å². The predicted molar refractivity (Wildman–Crippen MR) is 62.5 cm³/mol. The van der Waals surface area contributed by atoms with Gasteiger partial charge in [0, 0.05) is 13.0 Å². The highest BCUT2D eigenvalue weighted by molar-refractivity contribution is 5.84. The van der Waals surface area contributed by atoms with Gasteiger partial charge in [-0.05, 0) is 33.1 Å². The number of amides is 1. The van der Waals surface area contributed by atoms with E-state index in [0.29, 0.717) is 6.54 Å². The first-order valence-electron chi connectivity index (χ1n) is 6.02. The highest BCUT2D eigenvalue weighted by Crippen LogP contribution is 2.25. The van der Waals surface area contributed by atoms with Gasteiger partial charge in [-0.15, -0.1) is 0 Å². The summed E-state index contributed by atoms with van der Waals surface area (Å²) in [5.74, 6) is -1.14. The number of hydrogen-bond donors (Lipinski definition) is 2. The van der Waals surface area contributed by atoms with E-state index in [4.69, 9.17) is 5.11 Å². The molecule has 0 aliphatic carbocycles. The van der Waals surface area contributed by atoms with Crippen molar-refractivity contribution < 1.29 is 19.8 Å². The lowest BCUT2D eigenvalue weighted by molar-refractivity contribution is -0.152. The Morgan fingerprint density at radius 1 is 1.35 bits per heavy atom. The molecule has 1 fully saturated rings. The van der Waals surface area contributed by atoms with Crippen LogP contribution in [0.25, 0.3) is 0 Å². The molecular weight excluding hydrogens is 222 g/mol. The number of carbonyl (C=O) groups is 2. The number of aliphatic carboxylic acids is 1. The van der Waals surface area contributed by atoms with Gasteiger partial charge in [0.2, 0.25) is 5.91 Å². The van der Waals surface area contributed by atoms with Crippen LogP contribution in [-0.4, -0.2) is 46.2 Å². The first-order chi connectivity index (χ1) is 7.88. The van der Waals surface area contributed by atoms with Gasteiger partial charge < -0.3 is 15.1 Å². The molecule has 98 valence electrons. The summed E-state index contributed by atoms with van der Waals surface area (Å²) in [6.07, 6.45) is 2.72. The predicted octanol–water partition coefficient (Wildman–Crippen LogP) is 0.861. The second-order valence-electron chi connectivity index (χ2n) is 5.29. The molecule has 0 radical (unpaired) electrons. The van der Waals surface area contributed by atoms with Crippen molar-refractivity contribution in [2.75, 3.05) is 13.2 Å². The molecule has 1 rings (SSSR count). The van der Waals surface area contributed by atoms with E-state index in [1.54, 1.807) is 18.7 Å². The van der Waals surface area contributed by atoms with Gasteiger partial charge in [0.15, 0.2) is 0 Å². The lowest BCUT2D eigenvalue weighted by Gasteiger charge is -2.36. The number of rotatable bonds is 4. The molecular formula is C12H21NO4. The van der Waals surface area contributed by atoms with E-state index in [-0.39, 0.29) is 25.0 Å². The monoisotopic (exact) mass is 243 g/mol. The summed E-state index contributed by atoms with van der Waals surface area (Å²) >= 11 is 0. The molecule has 5 nitrogen and oxygen atoms in total. The van der Waals surface area contributed by atoms with Gasteiger partial charge in [0.25, 0.3) is 0 Å².